The average Bonchev–Trinajstić information content (AvgIpc) is 2.60. The Morgan fingerprint density at radius 2 is 2.08 bits per heavy atom. The lowest BCUT2D eigenvalue weighted by Crippen LogP contribution is -2.29. The minimum absolute atomic E-state index is 0.00436. The second-order valence-corrected chi connectivity index (χ2v) is 6.56. The Morgan fingerprint density at radius 1 is 1.25 bits per heavy atom. The van der Waals surface area contributed by atoms with Crippen LogP contribution in [0.3, 0.4) is 0 Å². The van der Waals surface area contributed by atoms with Crippen LogP contribution in [0.2, 0.25) is 0 Å². The molecule has 1 atom stereocenters. The van der Waals surface area contributed by atoms with Crippen LogP contribution in [-0.4, -0.2) is 16.6 Å². The maximum absolute atomic E-state index is 12.2. The van der Waals surface area contributed by atoms with Gasteiger partial charge < -0.3 is 5.32 Å². The van der Waals surface area contributed by atoms with Crippen molar-refractivity contribution in [1.82, 2.24) is 5.32 Å². The number of nitro groups is 1. The Balaban J connectivity index is 1.68. The third kappa shape index (κ3) is 3.83. The SMILES string of the molecule is O=C(/C=C/c1cccc([N+](=O)[O-])c1)N[C@H]1CCSc2ccccc21. The van der Waals surface area contributed by atoms with Crippen LogP contribution in [0, 0.1) is 10.1 Å². The van der Waals surface area contributed by atoms with Gasteiger partial charge in [-0.2, -0.15) is 0 Å². The fourth-order valence-corrected chi connectivity index (χ4v) is 3.75. The topological polar surface area (TPSA) is 72.2 Å². The highest BCUT2D eigenvalue weighted by molar-refractivity contribution is 7.99. The van der Waals surface area contributed by atoms with E-state index in [4.69, 9.17) is 0 Å². The van der Waals surface area contributed by atoms with Gasteiger partial charge in [-0.15, -0.1) is 11.8 Å². The van der Waals surface area contributed by atoms with Gasteiger partial charge >= 0.3 is 0 Å². The molecular formula is C18H16N2O3S. The molecule has 0 spiro atoms. The fourth-order valence-electron chi connectivity index (χ4n) is 2.63. The quantitative estimate of drug-likeness (QED) is 0.519. The summed E-state index contributed by atoms with van der Waals surface area (Å²) in [4.78, 5) is 23.7. The standard InChI is InChI=1S/C18H16N2O3S/c21-18(9-8-13-4-3-5-14(12-13)20(22)23)19-16-10-11-24-17-7-2-1-6-15(16)17/h1-9,12,16H,10-11H2,(H,19,21)/b9-8+/t16-/m0/s1. The lowest BCUT2D eigenvalue weighted by atomic mass is 10.0. The molecule has 0 aromatic heterocycles. The van der Waals surface area contributed by atoms with E-state index in [2.05, 4.69) is 11.4 Å². The third-order valence-corrected chi connectivity index (χ3v) is 4.91. The highest BCUT2D eigenvalue weighted by Crippen LogP contribution is 2.35. The van der Waals surface area contributed by atoms with Crippen molar-refractivity contribution in [2.45, 2.75) is 17.4 Å². The molecule has 6 heteroatoms. The number of amides is 1. The van der Waals surface area contributed by atoms with Crippen LogP contribution in [0.5, 0.6) is 0 Å². The van der Waals surface area contributed by atoms with Crippen LogP contribution in [0.4, 0.5) is 5.69 Å². The monoisotopic (exact) mass is 340 g/mol. The Hall–Kier alpha value is -2.60. The first kappa shape index (κ1) is 16.3. The largest absolute Gasteiger partial charge is 0.346 e. The van der Waals surface area contributed by atoms with Gasteiger partial charge in [0, 0.05) is 28.9 Å². The number of carbonyl (C=O) groups is 1. The normalized spacial score (nSPS) is 16.6. The van der Waals surface area contributed by atoms with E-state index in [9.17, 15) is 14.9 Å². The molecule has 0 bridgehead atoms. The van der Waals surface area contributed by atoms with Crippen LogP contribution >= 0.6 is 11.8 Å². The fraction of sp³-hybridized carbons (Fsp3) is 0.167. The predicted octanol–water partition coefficient (Wildman–Crippen LogP) is 3.96. The Bertz CT molecular complexity index is 804. The molecule has 0 fully saturated rings. The number of nitrogens with one attached hydrogen (secondary N) is 1. The van der Waals surface area contributed by atoms with Crippen LogP contribution in [0.25, 0.3) is 6.08 Å². The Labute approximate surface area is 143 Å². The van der Waals surface area contributed by atoms with E-state index < -0.39 is 4.92 Å². The molecule has 2 aromatic carbocycles. The van der Waals surface area contributed by atoms with Crippen LogP contribution < -0.4 is 5.32 Å². The molecular weight excluding hydrogens is 324 g/mol. The molecule has 2 aromatic rings. The minimum atomic E-state index is -0.450. The van der Waals surface area contributed by atoms with E-state index >= 15 is 0 Å². The van der Waals surface area contributed by atoms with Crippen molar-refractivity contribution in [3.8, 4) is 0 Å². The van der Waals surface area contributed by atoms with E-state index in [-0.39, 0.29) is 17.6 Å². The summed E-state index contributed by atoms with van der Waals surface area (Å²) < 4.78 is 0. The molecule has 122 valence electrons. The number of carbonyl (C=O) groups excluding carboxylic acids is 1. The number of thioether (sulfide) groups is 1. The molecule has 1 amide bonds. The van der Waals surface area contributed by atoms with Gasteiger partial charge in [-0.25, -0.2) is 0 Å². The molecule has 0 saturated heterocycles. The summed E-state index contributed by atoms with van der Waals surface area (Å²) in [5.74, 6) is 0.768. The van der Waals surface area contributed by atoms with Crippen molar-refractivity contribution in [3.63, 3.8) is 0 Å². The Morgan fingerprint density at radius 3 is 2.92 bits per heavy atom. The summed E-state index contributed by atoms with van der Waals surface area (Å²) in [6.45, 7) is 0. The van der Waals surface area contributed by atoms with E-state index in [1.807, 2.05) is 18.2 Å². The highest BCUT2D eigenvalue weighted by atomic mass is 32.2. The number of nitrogens with zero attached hydrogens (tertiary/aromatic N) is 1. The number of benzene rings is 2. The van der Waals surface area contributed by atoms with Gasteiger partial charge in [0.15, 0.2) is 0 Å². The van der Waals surface area contributed by atoms with Crippen LogP contribution in [0.15, 0.2) is 59.5 Å². The molecule has 0 saturated carbocycles. The molecule has 1 N–H and O–H groups in total. The number of fused-ring (bicyclic) bond motifs is 1. The number of non-ortho nitro benzene ring substituents is 1. The van der Waals surface area contributed by atoms with Crippen molar-refractivity contribution < 1.29 is 9.72 Å². The van der Waals surface area contributed by atoms with E-state index in [0.717, 1.165) is 17.7 Å². The molecule has 1 aliphatic heterocycles. The third-order valence-electron chi connectivity index (χ3n) is 3.78. The van der Waals surface area contributed by atoms with Crippen molar-refractivity contribution in [2.75, 3.05) is 5.75 Å². The molecule has 0 unspecified atom stereocenters. The molecule has 24 heavy (non-hydrogen) atoms. The molecule has 1 aliphatic rings. The van der Waals surface area contributed by atoms with Gasteiger partial charge in [0.05, 0.1) is 11.0 Å². The molecule has 1 heterocycles. The van der Waals surface area contributed by atoms with E-state index in [1.165, 1.54) is 23.1 Å². The molecule has 0 aliphatic carbocycles. The van der Waals surface area contributed by atoms with Crippen molar-refractivity contribution >= 4 is 29.4 Å². The summed E-state index contributed by atoms with van der Waals surface area (Å²) in [6, 6.07) is 14.3. The molecule has 0 radical (unpaired) electrons. The van der Waals surface area contributed by atoms with Gasteiger partial charge in [0.2, 0.25) is 5.91 Å². The summed E-state index contributed by atoms with van der Waals surface area (Å²) >= 11 is 1.80. The summed E-state index contributed by atoms with van der Waals surface area (Å²) in [5.41, 5.74) is 1.78. The minimum Gasteiger partial charge on any atom is -0.346 e. The van der Waals surface area contributed by atoms with E-state index in [0.29, 0.717) is 5.56 Å². The van der Waals surface area contributed by atoms with Gasteiger partial charge in [-0.05, 0) is 29.7 Å². The summed E-state index contributed by atoms with van der Waals surface area (Å²) in [5, 5.41) is 13.8. The number of rotatable bonds is 4. The lowest BCUT2D eigenvalue weighted by molar-refractivity contribution is -0.384. The van der Waals surface area contributed by atoms with Crippen molar-refractivity contribution in [3.05, 3.63) is 75.8 Å². The van der Waals surface area contributed by atoms with Gasteiger partial charge in [0.1, 0.15) is 0 Å². The second-order valence-electron chi connectivity index (χ2n) is 5.42. The Kier molecular flexibility index (Phi) is 4.96. The van der Waals surface area contributed by atoms with Crippen molar-refractivity contribution in [2.24, 2.45) is 0 Å². The molecule has 3 rings (SSSR count). The zero-order chi connectivity index (χ0) is 16.9. The maximum Gasteiger partial charge on any atom is 0.270 e. The lowest BCUT2D eigenvalue weighted by Gasteiger charge is -2.25. The maximum atomic E-state index is 12.2. The number of hydrogen-bond donors (Lipinski definition) is 1. The predicted molar refractivity (Wildman–Crippen MR) is 94.8 cm³/mol. The van der Waals surface area contributed by atoms with Crippen LogP contribution in [0.1, 0.15) is 23.6 Å². The smallest absolute Gasteiger partial charge is 0.270 e. The first-order valence-electron chi connectivity index (χ1n) is 7.58. The zero-order valence-corrected chi connectivity index (χ0v) is 13.7. The van der Waals surface area contributed by atoms with Gasteiger partial charge in [0.25, 0.3) is 5.69 Å². The number of nitro benzene ring substituents is 1. The second kappa shape index (κ2) is 7.31. The van der Waals surface area contributed by atoms with Gasteiger partial charge in [-0.3, -0.25) is 14.9 Å². The first-order valence-corrected chi connectivity index (χ1v) is 8.57. The van der Waals surface area contributed by atoms with E-state index in [1.54, 1.807) is 30.0 Å². The van der Waals surface area contributed by atoms with Gasteiger partial charge in [-0.1, -0.05) is 30.3 Å². The number of hydrogen-bond acceptors (Lipinski definition) is 4. The average molecular weight is 340 g/mol. The highest BCUT2D eigenvalue weighted by Gasteiger charge is 2.20. The van der Waals surface area contributed by atoms with Crippen molar-refractivity contribution in [1.29, 1.82) is 0 Å². The zero-order valence-electron chi connectivity index (χ0n) is 12.8. The van der Waals surface area contributed by atoms with Crippen LogP contribution in [-0.2, 0) is 4.79 Å². The first-order chi connectivity index (χ1) is 11.6. The summed E-state index contributed by atoms with van der Waals surface area (Å²) in [6.07, 6.45) is 3.90. The molecule has 5 nitrogen and oxygen atoms in total. The summed E-state index contributed by atoms with van der Waals surface area (Å²) in [7, 11) is 0.